The third-order valence-electron chi connectivity index (χ3n) is 6.17. The van der Waals surface area contributed by atoms with E-state index in [1.54, 1.807) is 0 Å². The van der Waals surface area contributed by atoms with Gasteiger partial charge in [-0.2, -0.15) is 0 Å². The van der Waals surface area contributed by atoms with Crippen molar-refractivity contribution in [2.75, 3.05) is 79.3 Å². The Hall–Kier alpha value is -1.26. The van der Waals surface area contributed by atoms with Crippen LogP contribution in [0.4, 0.5) is 0 Å². The Morgan fingerprint density at radius 3 is 1.36 bits per heavy atom. The summed E-state index contributed by atoms with van der Waals surface area (Å²) in [6, 6.07) is 0. The third-order valence-corrected chi connectivity index (χ3v) is 6.17. The van der Waals surface area contributed by atoms with Crippen molar-refractivity contribution in [3.8, 4) is 0 Å². The van der Waals surface area contributed by atoms with Crippen molar-refractivity contribution in [2.45, 2.75) is 97.8 Å². The minimum Gasteiger partial charge on any atom is -0.463 e. The standard InChI is InChI=1S/C30H58O9/c1-4-7-9-10-11-12-13-15-29(31)38-26-24-36-22-20-34-18-16-33-17-19-35-21-23-37-25-27-39-30(32)28(6-3)14-8-5-2/h28H,4-27H2,1-3H3. The number of carbonyl (C=O) groups is 2. The van der Waals surface area contributed by atoms with E-state index in [1.165, 1.54) is 32.1 Å². The molecule has 0 saturated carbocycles. The van der Waals surface area contributed by atoms with Gasteiger partial charge in [-0.3, -0.25) is 9.59 Å². The maximum absolute atomic E-state index is 12.0. The molecule has 0 amide bonds. The molecule has 0 aliphatic heterocycles. The molecule has 0 bridgehead atoms. The van der Waals surface area contributed by atoms with Crippen LogP contribution in [0.15, 0.2) is 0 Å². The summed E-state index contributed by atoms with van der Waals surface area (Å²) in [6.45, 7) is 11.4. The third kappa shape index (κ3) is 28.1. The number of hydrogen-bond donors (Lipinski definition) is 0. The van der Waals surface area contributed by atoms with Crippen molar-refractivity contribution in [1.82, 2.24) is 0 Å². The van der Waals surface area contributed by atoms with Gasteiger partial charge in [-0.25, -0.2) is 0 Å². The summed E-state index contributed by atoms with van der Waals surface area (Å²) in [7, 11) is 0. The molecule has 0 radical (unpaired) electrons. The van der Waals surface area contributed by atoms with E-state index in [0.29, 0.717) is 72.5 Å². The highest BCUT2D eigenvalue weighted by Crippen LogP contribution is 2.14. The van der Waals surface area contributed by atoms with Crippen LogP contribution in [0.3, 0.4) is 0 Å². The van der Waals surface area contributed by atoms with Crippen LogP contribution >= 0.6 is 0 Å². The van der Waals surface area contributed by atoms with Crippen LogP contribution in [0.5, 0.6) is 0 Å². The van der Waals surface area contributed by atoms with Gasteiger partial charge in [0.2, 0.25) is 0 Å². The fraction of sp³-hybridized carbons (Fsp3) is 0.933. The van der Waals surface area contributed by atoms with Gasteiger partial charge >= 0.3 is 11.9 Å². The highest BCUT2D eigenvalue weighted by Gasteiger charge is 2.16. The van der Waals surface area contributed by atoms with Crippen LogP contribution in [0.1, 0.15) is 97.8 Å². The van der Waals surface area contributed by atoms with Crippen LogP contribution in [-0.4, -0.2) is 91.2 Å². The summed E-state index contributed by atoms with van der Waals surface area (Å²) in [6.07, 6.45) is 12.6. The average Bonchev–Trinajstić information content (AvgIpc) is 2.94. The zero-order valence-electron chi connectivity index (χ0n) is 25.2. The number of carbonyl (C=O) groups excluding carboxylic acids is 2. The summed E-state index contributed by atoms with van der Waals surface area (Å²) in [4.78, 5) is 23.7. The van der Waals surface area contributed by atoms with Gasteiger partial charge < -0.3 is 33.2 Å². The first-order valence-corrected chi connectivity index (χ1v) is 15.4. The lowest BCUT2D eigenvalue weighted by atomic mass is 10.00. The lowest BCUT2D eigenvalue weighted by Crippen LogP contribution is -2.20. The van der Waals surface area contributed by atoms with Gasteiger partial charge in [0, 0.05) is 6.42 Å². The second-order valence-electron chi connectivity index (χ2n) is 9.57. The molecule has 1 unspecified atom stereocenters. The molecule has 0 aliphatic carbocycles. The van der Waals surface area contributed by atoms with Gasteiger partial charge in [-0.1, -0.05) is 72.1 Å². The molecule has 0 aromatic heterocycles. The first-order chi connectivity index (χ1) is 19.2. The second-order valence-corrected chi connectivity index (χ2v) is 9.57. The molecule has 0 aliphatic rings. The number of unbranched alkanes of at least 4 members (excludes halogenated alkanes) is 7. The Labute approximate surface area is 237 Å². The van der Waals surface area contributed by atoms with Crippen molar-refractivity contribution in [3.05, 3.63) is 0 Å². The monoisotopic (exact) mass is 562 g/mol. The number of hydrogen-bond acceptors (Lipinski definition) is 9. The zero-order valence-corrected chi connectivity index (χ0v) is 25.2. The average molecular weight is 563 g/mol. The van der Waals surface area contributed by atoms with E-state index in [9.17, 15) is 9.59 Å². The lowest BCUT2D eigenvalue weighted by Gasteiger charge is -2.13. The summed E-state index contributed by atoms with van der Waals surface area (Å²) in [5.41, 5.74) is 0. The summed E-state index contributed by atoms with van der Waals surface area (Å²) in [5.74, 6) is -0.261. The molecule has 39 heavy (non-hydrogen) atoms. The number of ether oxygens (including phenoxy) is 7. The minimum atomic E-state index is -0.141. The molecule has 0 saturated heterocycles. The quantitative estimate of drug-likeness (QED) is 0.0799. The molecule has 9 nitrogen and oxygen atoms in total. The summed E-state index contributed by atoms with van der Waals surface area (Å²) in [5, 5.41) is 0. The predicted molar refractivity (Wildman–Crippen MR) is 152 cm³/mol. The second kappa shape index (κ2) is 31.3. The first-order valence-electron chi connectivity index (χ1n) is 15.4. The molecule has 0 aromatic carbocycles. The molecule has 0 rings (SSSR count). The molecule has 0 heterocycles. The SMILES string of the molecule is CCCCCCCCCC(=O)OCCOCCOCCOCCOCCOCCOC(=O)C(CC)CCCC. The molecule has 9 heteroatoms. The maximum atomic E-state index is 12.0. The smallest absolute Gasteiger partial charge is 0.308 e. The van der Waals surface area contributed by atoms with Gasteiger partial charge in [0.15, 0.2) is 0 Å². The summed E-state index contributed by atoms with van der Waals surface area (Å²) < 4.78 is 37.7. The summed E-state index contributed by atoms with van der Waals surface area (Å²) >= 11 is 0. The van der Waals surface area contributed by atoms with Crippen LogP contribution in [0.25, 0.3) is 0 Å². The Kier molecular flexibility index (Phi) is 30.3. The Morgan fingerprint density at radius 2 is 0.897 bits per heavy atom. The topological polar surface area (TPSA) is 98.8 Å². The van der Waals surface area contributed by atoms with Crippen LogP contribution < -0.4 is 0 Å². The van der Waals surface area contributed by atoms with E-state index >= 15 is 0 Å². The number of rotatable bonds is 31. The fourth-order valence-electron chi connectivity index (χ4n) is 3.75. The van der Waals surface area contributed by atoms with E-state index in [2.05, 4.69) is 13.8 Å². The van der Waals surface area contributed by atoms with Crippen molar-refractivity contribution in [3.63, 3.8) is 0 Å². The highest BCUT2D eigenvalue weighted by molar-refractivity contribution is 5.72. The van der Waals surface area contributed by atoms with Gasteiger partial charge in [-0.15, -0.1) is 0 Å². The van der Waals surface area contributed by atoms with E-state index in [1.807, 2.05) is 6.92 Å². The van der Waals surface area contributed by atoms with Crippen molar-refractivity contribution in [2.24, 2.45) is 5.92 Å². The van der Waals surface area contributed by atoms with E-state index in [4.69, 9.17) is 33.2 Å². The van der Waals surface area contributed by atoms with Crippen molar-refractivity contribution >= 4 is 11.9 Å². The van der Waals surface area contributed by atoms with Gasteiger partial charge in [-0.05, 0) is 19.3 Å². The predicted octanol–water partition coefficient (Wildman–Crippen LogP) is 5.51. The fourth-order valence-corrected chi connectivity index (χ4v) is 3.75. The molecule has 0 N–H and O–H groups in total. The van der Waals surface area contributed by atoms with E-state index < -0.39 is 0 Å². The highest BCUT2D eigenvalue weighted by atomic mass is 16.6. The van der Waals surface area contributed by atoms with Crippen molar-refractivity contribution in [1.29, 1.82) is 0 Å². The molecule has 0 spiro atoms. The largest absolute Gasteiger partial charge is 0.463 e. The molecular weight excluding hydrogens is 504 g/mol. The molecule has 1 atom stereocenters. The van der Waals surface area contributed by atoms with Crippen LogP contribution in [-0.2, 0) is 42.7 Å². The van der Waals surface area contributed by atoms with E-state index in [-0.39, 0.29) is 31.1 Å². The van der Waals surface area contributed by atoms with Gasteiger partial charge in [0.05, 0.1) is 72.0 Å². The minimum absolute atomic E-state index is 0.000702. The Bertz CT molecular complexity index is 531. The van der Waals surface area contributed by atoms with Crippen molar-refractivity contribution < 1.29 is 42.7 Å². The van der Waals surface area contributed by atoms with Crippen LogP contribution in [0.2, 0.25) is 0 Å². The van der Waals surface area contributed by atoms with Gasteiger partial charge in [0.1, 0.15) is 13.2 Å². The zero-order chi connectivity index (χ0) is 28.7. The Balaban J connectivity index is 3.25. The van der Waals surface area contributed by atoms with Crippen LogP contribution in [0, 0.1) is 5.92 Å². The molecule has 0 fully saturated rings. The molecule has 232 valence electrons. The molecule has 0 aromatic rings. The molecular formula is C30H58O9. The maximum Gasteiger partial charge on any atom is 0.308 e. The van der Waals surface area contributed by atoms with E-state index in [0.717, 1.165) is 38.5 Å². The van der Waals surface area contributed by atoms with Gasteiger partial charge in [0.25, 0.3) is 0 Å². The Morgan fingerprint density at radius 1 is 0.487 bits per heavy atom. The lowest BCUT2D eigenvalue weighted by molar-refractivity contribution is -0.150. The normalized spacial score (nSPS) is 12.0. The number of esters is 2. The first kappa shape index (κ1) is 37.7.